The van der Waals surface area contributed by atoms with Gasteiger partial charge in [-0.25, -0.2) is 0 Å². The van der Waals surface area contributed by atoms with Gasteiger partial charge in [0.25, 0.3) is 0 Å². The molecule has 0 bridgehead atoms. The third-order valence-electron chi connectivity index (χ3n) is 3.32. The number of pyridine rings is 1. The molecule has 4 nitrogen and oxygen atoms in total. The van der Waals surface area contributed by atoms with Crippen molar-refractivity contribution in [3.63, 3.8) is 0 Å². The van der Waals surface area contributed by atoms with Gasteiger partial charge in [-0.15, -0.1) is 0 Å². The van der Waals surface area contributed by atoms with Crippen molar-refractivity contribution < 1.29 is 0 Å². The van der Waals surface area contributed by atoms with Gasteiger partial charge in [0, 0.05) is 24.5 Å². The van der Waals surface area contributed by atoms with Gasteiger partial charge in [-0.2, -0.15) is 5.10 Å². The molecule has 3 rings (SSSR count). The van der Waals surface area contributed by atoms with Crippen LogP contribution in [-0.4, -0.2) is 21.3 Å². The van der Waals surface area contributed by atoms with Crippen LogP contribution in [0.1, 0.15) is 11.3 Å². The van der Waals surface area contributed by atoms with Crippen molar-refractivity contribution in [3.8, 4) is 11.3 Å². The molecule has 0 aliphatic carbocycles. The first kappa shape index (κ1) is 14.2. The zero-order chi connectivity index (χ0) is 15.2. The lowest BCUT2D eigenvalue weighted by Crippen LogP contribution is -2.10. The summed E-state index contributed by atoms with van der Waals surface area (Å²) in [5, 5.41) is 4.51. The predicted molar refractivity (Wildman–Crippen MR) is 89.9 cm³/mol. The van der Waals surface area contributed by atoms with Crippen LogP contribution in [0.4, 0.5) is 0 Å². The van der Waals surface area contributed by atoms with Crippen LogP contribution in [0.2, 0.25) is 0 Å². The van der Waals surface area contributed by atoms with Crippen LogP contribution in [-0.2, 0) is 6.54 Å². The predicted octanol–water partition coefficient (Wildman–Crippen LogP) is 3.07. The maximum absolute atomic E-state index is 5.55. The van der Waals surface area contributed by atoms with Crippen LogP contribution in [0.5, 0.6) is 0 Å². The number of hydrogen-bond acceptors (Lipinski definition) is 3. The Morgan fingerprint density at radius 3 is 2.73 bits per heavy atom. The zero-order valence-corrected chi connectivity index (χ0v) is 12.3. The lowest BCUT2D eigenvalue weighted by Gasteiger charge is -2.00. The van der Waals surface area contributed by atoms with Crippen LogP contribution >= 0.6 is 0 Å². The highest BCUT2D eigenvalue weighted by Crippen LogP contribution is 2.18. The molecule has 4 heteroatoms. The highest BCUT2D eigenvalue weighted by Gasteiger charge is 2.03. The first-order valence-electron chi connectivity index (χ1n) is 7.28. The van der Waals surface area contributed by atoms with Crippen LogP contribution in [0.15, 0.2) is 60.9 Å². The Balaban J connectivity index is 1.81. The quantitative estimate of drug-likeness (QED) is 0.785. The molecule has 0 aliphatic heterocycles. The van der Waals surface area contributed by atoms with Gasteiger partial charge in [-0.1, -0.05) is 36.4 Å². The second kappa shape index (κ2) is 6.83. The molecule has 0 unspecified atom stereocenters. The summed E-state index contributed by atoms with van der Waals surface area (Å²) in [4.78, 5) is 4.38. The van der Waals surface area contributed by atoms with Crippen molar-refractivity contribution in [2.45, 2.75) is 6.54 Å². The van der Waals surface area contributed by atoms with E-state index in [1.165, 1.54) is 0 Å². The summed E-state index contributed by atoms with van der Waals surface area (Å²) in [7, 11) is 0. The minimum Gasteiger partial charge on any atom is -0.329 e. The molecule has 0 fully saturated rings. The fraction of sp³-hybridized carbons (Fsp3) is 0.111. The summed E-state index contributed by atoms with van der Waals surface area (Å²) < 4.78 is 1.86. The first-order valence-corrected chi connectivity index (χ1v) is 7.28. The minimum atomic E-state index is 0.586. The Bertz CT molecular complexity index is 760. The van der Waals surface area contributed by atoms with E-state index in [-0.39, 0.29) is 0 Å². The zero-order valence-electron chi connectivity index (χ0n) is 12.3. The lowest BCUT2D eigenvalue weighted by atomic mass is 10.1. The number of nitrogens with zero attached hydrogens (tertiary/aromatic N) is 3. The van der Waals surface area contributed by atoms with E-state index < -0.39 is 0 Å². The SMILES string of the molecule is NCCn1ccc(-c2ccnc(/C=C/c3ccccc3)c2)n1. The third kappa shape index (κ3) is 3.48. The van der Waals surface area contributed by atoms with Gasteiger partial charge in [-0.3, -0.25) is 9.67 Å². The molecule has 0 atom stereocenters. The van der Waals surface area contributed by atoms with Gasteiger partial charge >= 0.3 is 0 Å². The number of rotatable bonds is 5. The summed E-state index contributed by atoms with van der Waals surface area (Å²) in [6.07, 6.45) is 7.82. The summed E-state index contributed by atoms with van der Waals surface area (Å²) in [6, 6.07) is 16.2. The smallest absolute Gasteiger partial charge is 0.0924 e. The monoisotopic (exact) mass is 290 g/mol. The van der Waals surface area contributed by atoms with Gasteiger partial charge in [-0.05, 0) is 29.8 Å². The normalized spacial score (nSPS) is 11.1. The molecule has 2 heterocycles. The Labute approximate surface area is 129 Å². The third-order valence-corrected chi connectivity index (χ3v) is 3.32. The topological polar surface area (TPSA) is 56.7 Å². The van der Waals surface area contributed by atoms with Crippen molar-refractivity contribution in [1.29, 1.82) is 0 Å². The van der Waals surface area contributed by atoms with E-state index in [1.807, 2.05) is 59.5 Å². The second-order valence-electron chi connectivity index (χ2n) is 4.97. The minimum absolute atomic E-state index is 0.586. The van der Waals surface area contributed by atoms with Crippen LogP contribution in [0.25, 0.3) is 23.4 Å². The summed E-state index contributed by atoms with van der Waals surface area (Å²) in [6.45, 7) is 1.31. The number of hydrogen-bond donors (Lipinski definition) is 1. The molecular formula is C18H18N4. The Hall–Kier alpha value is -2.72. The van der Waals surface area contributed by atoms with E-state index >= 15 is 0 Å². The van der Waals surface area contributed by atoms with E-state index in [0.717, 1.165) is 29.1 Å². The van der Waals surface area contributed by atoms with E-state index in [0.29, 0.717) is 6.54 Å². The van der Waals surface area contributed by atoms with Crippen LogP contribution in [0, 0.1) is 0 Å². The molecule has 0 saturated carbocycles. The molecule has 1 aromatic carbocycles. The van der Waals surface area contributed by atoms with Crippen molar-refractivity contribution in [1.82, 2.24) is 14.8 Å². The highest BCUT2D eigenvalue weighted by atomic mass is 15.3. The van der Waals surface area contributed by atoms with Crippen LogP contribution in [0.3, 0.4) is 0 Å². The highest BCUT2D eigenvalue weighted by molar-refractivity contribution is 5.70. The van der Waals surface area contributed by atoms with Gasteiger partial charge < -0.3 is 5.73 Å². The first-order chi connectivity index (χ1) is 10.8. The van der Waals surface area contributed by atoms with Crippen molar-refractivity contribution >= 4 is 12.2 Å². The maximum atomic E-state index is 5.55. The van der Waals surface area contributed by atoms with E-state index in [1.54, 1.807) is 0 Å². The van der Waals surface area contributed by atoms with Crippen molar-refractivity contribution in [2.24, 2.45) is 5.73 Å². The molecule has 0 spiro atoms. The number of aromatic nitrogens is 3. The van der Waals surface area contributed by atoms with E-state index in [2.05, 4.69) is 28.3 Å². The Morgan fingerprint density at radius 2 is 1.91 bits per heavy atom. The lowest BCUT2D eigenvalue weighted by molar-refractivity contribution is 0.627. The average molecular weight is 290 g/mol. The largest absolute Gasteiger partial charge is 0.329 e. The molecule has 0 amide bonds. The van der Waals surface area contributed by atoms with Gasteiger partial charge in [0.15, 0.2) is 0 Å². The average Bonchev–Trinajstić information content (AvgIpc) is 3.03. The fourth-order valence-corrected chi connectivity index (χ4v) is 2.22. The molecule has 110 valence electrons. The summed E-state index contributed by atoms with van der Waals surface area (Å²) >= 11 is 0. The van der Waals surface area contributed by atoms with Crippen molar-refractivity contribution in [2.75, 3.05) is 6.54 Å². The molecule has 22 heavy (non-hydrogen) atoms. The fourth-order valence-electron chi connectivity index (χ4n) is 2.22. The van der Waals surface area contributed by atoms with E-state index in [4.69, 9.17) is 5.73 Å². The van der Waals surface area contributed by atoms with E-state index in [9.17, 15) is 0 Å². The maximum Gasteiger partial charge on any atom is 0.0924 e. The molecule has 3 aromatic rings. The summed E-state index contributed by atoms with van der Waals surface area (Å²) in [5.41, 5.74) is 9.60. The van der Waals surface area contributed by atoms with Gasteiger partial charge in [0.05, 0.1) is 17.9 Å². The molecule has 2 aromatic heterocycles. The molecule has 0 saturated heterocycles. The number of benzene rings is 1. The molecular weight excluding hydrogens is 272 g/mol. The van der Waals surface area contributed by atoms with Gasteiger partial charge in [0.1, 0.15) is 0 Å². The van der Waals surface area contributed by atoms with Gasteiger partial charge in [0.2, 0.25) is 0 Å². The molecule has 0 aliphatic rings. The second-order valence-corrected chi connectivity index (χ2v) is 4.97. The van der Waals surface area contributed by atoms with Crippen molar-refractivity contribution in [3.05, 3.63) is 72.2 Å². The number of nitrogens with two attached hydrogens (primary N) is 1. The summed E-state index contributed by atoms with van der Waals surface area (Å²) in [5.74, 6) is 0. The Kier molecular flexibility index (Phi) is 4.41. The van der Waals surface area contributed by atoms with Crippen LogP contribution < -0.4 is 5.73 Å². The molecule has 0 radical (unpaired) electrons. The standard InChI is InChI=1S/C18H18N4/c19-10-13-22-12-9-18(21-22)16-8-11-20-17(14-16)7-6-15-4-2-1-3-5-15/h1-9,11-12,14H,10,13,19H2/b7-6+. The Morgan fingerprint density at radius 1 is 1.05 bits per heavy atom. The molecule has 2 N–H and O–H groups in total.